The van der Waals surface area contributed by atoms with Crippen molar-refractivity contribution >= 4 is 0 Å². The summed E-state index contributed by atoms with van der Waals surface area (Å²) in [6, 6.07) is 6.06. The SMILES string of the molecule is CC1=C2C3Cc4cc(O)ccc4C2(CCC1)C3C. The number of benzene rings is 1. The number of hydrogen-bond acceptors (Lipinski definition) is 1. The molecule has 94 valence electrons. The van der Waals surface area contributed by atoms with E-state index in [1.165, 1.54) is 30.4 Å². The molecule has 0 aliphatic heterocycles. The average molecular weight is 240 g/mol. The summed E-state index contributed by atoms with van der Waals surface area (Å²) >= 11 is 0. The van der Waals surface area contributed by atoms with Gasteiger partial charge in [-0.1, -0.05) is 24.1 Å². The summed E-state index contributed by atoms with van der Waals surface area (Å²) in [7, 11) is 0. The maximum atomic E-state index is 9.69. The van der Waals surface area contributed by atoms with Crippen molar-refractivity contribution in [2.45, 2.75) is 44.9 Å². The average Bonchev–Trinajstić information content (AvgIpc) is 2.36. The largest absolute Gasteiger partial charge is 0.508 e. The number of phenolic OH excluding ortho intramolecular Hbond substituents is 1. The molecule has 1 heteroatoms. The lowest BCUT2D eigenvalue weighted by Crippen LogP contribution is -2.58. The Morgan fingerprint density at radius 2 is 2.17 bits per heavy atom. The van der Waals surface area contributed by atoms with Gasteiger partial charge in [0.2, 0.25) is 0 Å². The van der Waals surface area contributed by atoms with E-state index in [1.54, 1.807) is 11.1 Å². The highest BCUT2D eigenvalue weighted by molar-refractivity contribution is 5.58. The van der Waals surface area contributed by atoms with Crippen LogP contribution >= 0.6 is 0 Å². The molecule has 0 aromatic heterocycles. The van der Waals surface area contributed by atoms with E-state index in [9.17, 15) is 5.11 Å². The summed E-state index contributed by atoms with van der Waals surface area (Å²) in [6.07, 6.45) is 5.08. The molecule has 1 aromatic carbocycles. The van der Waals surface area contributed by atoms with Crippen molar-refractivity contribution in [3.63, 3.8) is 0 Å². The number of allylic oxidation sites excluding steroid dienone is 2. The fourth-order valence-electron chi connectivity index (χ4n) is 5.13. The lowest BCUT2D eigenvalue weighted by Gasteiger charge is -2.64. The molecule has 1 nitrogen and oxygen atoms in total. The molecule has 0 heterocycles. The molecule has 1 aromatic rings. The Labute approximate surface area is 109 Å². The molecular weight excluding hydrogens is 220 g/mol. The zero-order chi connectivity index (χ0) is 12.5. The van der Waals surface area contributed by atoms with Gasteiger partial charge < -0.3 is 5.11 Å². The minimum atomic E-state index is 0.342. The van der Waals surface area contributed by atoms with Crippen molar-refractivity contribution in [1.82, 2.24) is 0 Å². The van der Waals surface area contributed by atoms with E-state index < -0.39 is 0 Å². The van der Waals surface area contributed by atoms with Crippen LogP contribution in [0.3, 0.4) is 0 Å². The highest BCUT2D eigenvalue weighted by Gasteiger charge is 2.60. The Morgan fingerprint density at radius 3 is 3.00 bits per heavy atom. The molecule has 1 N–H and O–H groups in total. The second-order valence-electron chi connectivity index (χ2n) is 6.46. The van der Waals surface area contributed by atoms with Gasteiger partial charge in [-0.05, 0) is 67.7 Å². The van der Waals surface area contributed by atoms with Gasteiger partial charge in [0, 0.05) is 5.41 Å². The molecule has 1 saturated carbocycles. The lowest BCUT2D eigenvalue weighted by atomic mass is 9.40. The van der Waals surface area contributed by atoms with Gasteiger partial charge in [-0.2, -0.15) is 0 Å². The van der Waals surface area contributed by atoms with Crippen LogP contribution < -0.4 is 0 Å². The molecular formula is C17H20O. The minimum Gasteiger partial charge on any atom is -0.508 e. The second kappa shape index (κ2) is 3.20. The molecule has 3 unspecified atom stereocenters. The standard InChI is InChI=1S/C17H20O/c1-10-4-3-7-17-11(2)14(16(10)17)9-12-8-13(18)5-6-15(12)17/h5-6,8,11,14,18H,3-4,7,9H2,1-2H3. The first-order valence-electron chi connectivity index (χ1n) is 7.17. The Bertz CT molecular complexity index is 569. The first-order chi connectivity index (χ1) is 8.64. The molecule has 3 aliphatic rings. The molecule has 1 fully saturated rings. The Morgan fingerprint density at radius 1 is 1.33 bits per heavy atom. The highest BCUT2D eigenvalue weighted by Crippen LogP contribution is 2.67. The van der Waals surface area contributed by atoms with Crippen molar-refractivity contribution < 1.29 is 5.11 Å². The molecule has 18 heavy (non-hydrogen) atoms. The van der Waals surface area contributed by atoms with Gasteiger partial charge >= 0.3 is 0 Å². The zero-order valence-corrected chi connectivity index (χ0v) is 11.2. The van der Waals surface area contributed by atoms with E-state index in [2.05, 4.69) is 19.9 Å². The van der Waals surface area contributed by atoms with Gasteiger partial charge in [-0.15, -0.1) is 0 Å². The maximum absolute atomic E-state index is 9.69. The van der Waals surface area contributed by atoms with Crippen LogP contribution in [0.15, 0.2) is 29.3 Å². The molecule has 0 amide bonds. The minimum absolute atomic E-state index is 0.342. The van der Waals surface area contributed by atoms with Crippen LogP contribution in [0, 0.1) is 11.8 Å². The molecule has 2 bridgehead atoms. The Balaban J connectivity index is 1.99. The predicted molar refractivity (Wildman–Crippen MR) is 72.7 cm³/mol. The van der Waals surface area contributed by atoms with Crippen LogP contribution in [-0.2, 0) is 11.8 Å². The number of phenols is 1. The van der Waals surface area contributed by atoms with E-state index >= 15 is 0 Å². The third-order valence-electron chi connectivity index (χ3n) is 5.82. The third-order valence-corrected chi connectivity index (χ3v) is 5.82. The molecule has 0 saturated heterocycles. The number of rotatable bonds is 0. The lowest BCUT2D eigenvalue weighted by molar-refractivity contribution is 0.0962. The van der Waals surface area contributed by atoms with E-state index in [0.29, 0.717) is 11.2 Å². The van der Waals surface area contributed by atoms with Gasteiger partial charge in [-0.3, -0.25) is 0 Å². The van der Waals surface area contributed by atoms with Gasteiger partial charge in [0.25, 0.3) is 0 Å². The molecule has 3 aliphatic carbocycles. The third kappa shape index (κ3) is 1.00. The van der Waals surface area contributed by atoms with Crippen molar-refractivity contribution in [2.24, 2.45) is 11.8 Å². The van der Waals surface area contributed by atoms with Crippen molar-refractivity contribution in [3.05, 3.63) is 40.5 Å². The van der Waals surface area contributed by atoms with Crippen molar-refractivity contribution in [1.29, 1.82) is 0 Å². The van der Waals surface area contributed by atoms with Crippen molar-refractivity contribution in [3.8, 4) is 5.75 Å². The van der Waals surface area contributed by atoms with Gasteiger partial charge in [0.05, 0.1) is 0 Å². The van der Waals surface area contributed by atoms with Crippen molar-refractivity contribution in [2.75, 3.05) is 0 Å². The predicted octanol–water partition coefficient (Wildman–Crippen LogP) is 3.95. The van der Waals surface area contributed by atoms with Crippen LogP contribution in [-0.4, -0.2) is 5.11 Å². The number of hydrogen-bond donors (Lipinski definition) is 1. The van der Waals surface area contributed by atoms with Gasteiger partial charge in [0.1, 0.15) is 5.75 Å². The number of aromatic hydroxyl groups is 1. The Kier molecular flexibility index (Phi) is 1.89. The maximum Gasteiger partial charge on any atom is 0.115 e. The van der Waals surface area contributed by atoms with Gasteiger partial charge in [-0.25, -0.2) is 0 Å². The molecule has 0 radical (unpaired) electrons. The monoisotopic (exact) mass is 240 g/mol. The van der Waals surface area contributed by atoms with Crippen LogP contribution in [0.25, 0.3) is 0 Å². The van der Waals surface area contributed by atoms with Crippen LogP contribution in [0.4, 0.5) is 0 Å². The van der Waals surface area contributed by atoms with E-state index in [0.717, 1.165) is 18.3 Å². The summed E-state index contributed by atoms with van der Waals surface area (Å²) in [5, 5.41) is 9.69. The van der Waals surface area contributed by atoms with Crippen LogP contribution in [0.5, 0.6) is 5.75 Å². The normalized spacial score (nSPS) is 36.8. The first kappa shape index (κ1) is 10.7. The Hall–Kier alpha value is -1.24. The summed E-state index contributed by atoms with van der Waals surface area (Å²) < 4.78 is 0. The van der Waals surface area contributed by atoms with E-state index in [4.69, 9.17) is 0 Å². The molecule has 4 rings (SSSR count). The fourth-order valence-corrected chi connectivity index (χ4v) is 5.13. The van der Waals surface area contributed by atoms with Crippen LogP contribution in [0.2, 0.25) is 0 Å². The summed E-state index contributed by atoms with van der Waals surface area (Å²) in [6.45, 7) is 4.77. The first-order valence-corrected chi connectivity index (χ1v) is 7.17. The smallest absolute Gasteiger partial charge is 0.115 e. The summed E-state index contributed by atoms with van der Waals surface area (Å²) in [4.78, 5) is 0. The number of fused-ring (bicyclic) bond motifs is 1. The summed E-state index contributed by atoms with van der Waals surface area (Å²) in [5.41, 5.74) is 6.68. The summed E-state index contributed by atoms with van der Waals surface area (Å²) in [5.74, 6) is 1.97. The van der Waals surface area contributed by atoms with Gasteiger partial charge in [0.15, 0.2) is 0 Å². The molecule has 0 spiro atoms. The highest BCUT2D eigenvalue weighted by atomic mass is 16.3. The fraction of sp³-hybridized carbons (Fsp3) is 0.529. The molecule has 3 atom stereocenters. The van der Waals surface area contributed by atoms with E-state index in [-0.39, 0.29) is 0 Å². The van der Waals surface area contributed by atoms with Crippen LogP contribution in [0.1, 0.15) is 44.2 Å². The second-order valence-corrected chi connectivity index (χ2v) is 6.46. The quantitative estimate of drug-likeness (QED) is 0.681. The topological polar surface area (TPSA) is 20.2 Å². The van der Waals surface area contributed by atoms with E-state index in [1.807, 2.05) is 12.1 Å². The zero-order valence-electron chi connectivity index (χ0n) is 11.2.